The fourth-order valence-electron chi connectivity index (χ4n) is 2.45. The number of rotatable bonds is 5. The van der Waals surface area contributed by atoms with Gasteiger partial charge in [0, 0.05) is 23.7 Å². The summed E-state index contributed by atoms with van der Waals surface area (Å²) in [4.78, 5) is 11.0. The number of allylic oxidation sites excluding steroid dienone is 6. The second-order valence-electron chi connectivity index (χ2n) is 7.34. The molecule has 8 heteroatoms. The SMILES string of the molecule is C/C=C(\C)c1ccc2cc(C)[nH]c2n1.C=NC.CC/C(C)=C/C=C(\C)c1nnc(C(F)F)o1. The second kappa shape index (κ2) is 13.9. The molecule has 3 heterocycles. The van der Waals surface area contributed by atoms with Gasteiger partial charge in [0.15, 0.2) is 0 Å². The van der Waals surface area contributed by atoms with Crippen molar-refractivity contribution in [2.75, 3.05) is 7.05 Å². The minimum Gasteiger partial charge on any atom is -0.415 e. The highest BCUT2D eigenvalue weighted by Gasteiger charge is 2.16. The van der Waals surface area contributed by atoms with Gasteiger partial charge in [0.1, 0.15) is 5.65 Å². The Morgan fingerprint density at radius 3 is 2.39 bits per heavy atom. The zero-order valence-electron chi connectivity index (χ0n) is 20.4. The summed E-state index contributed by atoms with van der Waals surface area (Å²) in [6, 6.07) is 6.27. The van der Waals surface area contributed by atoms with E-state index in [0.29, 0.717) is 5.57 Å². The summed E-state index contributed by atoms with van der Waals surface area (Å²) in [5, 5.41) is 7.98. The molecule has 0 unspecified atom stereocenters. The number of aromatic nitrogens is 4. The van der Waals surface area contributed by atoms with E-state index in [4.69, 9.17) is 4.42 Å². The molecule has 1 N–H and O–H groups in total. The molecule has 0 amide bonds. The summed E-state index contributed by atoms with van der Waals surface area (Å²) in [5.41, 5.74) is 6.24. The Labute approximate surface area is 194 Å². The average molecular weight is 458 g/mol. The van der Waals surface area contributed by atoms with Crippen molar-refractivity contribution in [2.45, 2.75) is 54.4 Å². The number of hydrogen-bond acceptors (Lipinski definition) is 5. The molecule has 0 fully saturated rings. The molecule has 3 aromatic heterocycles. The van der Waals surface area contributed by atoms with E-state index in [2.05, 4.69) is 63.1 Å². The fraction of sp³-hybridized carbons (Fsp3) is 0.360. The Hall–Kier alpha value is -3.42. The van der Waals surface area contributed by atoms with Gasteiger partial charge in [-0.2, -0.15) is 8.78 Å². The largest absolute Gasteiger partial charge is 0.415 e. The second-order valence-corrected chi connectivity index (χ2v) is 7.34. The standard InChI is InChI=1S/C12H14N2.C11H14F2N2O.C2H5N/c1-4-8(2)11-6-5-10-7-9(3)13-12(10)14-11;1-4-7(2)5-6-8(3)10-14-15-11(16-10)9(12)13;1-3-2/h4-7H,1-3H3,(H,13,14);5-6,9H,4H2,1-3H3;1H2,2H3/b8-4+;7-5+,8-6+;. The zero-order valence-corrected chi connectivity index (χ0v) is 20.4. The molecule has 178 valence electrons. The lowest BCUT2D eigenvalue weighted by Gasteiger charge is -1.98. The number of H-pyrrole nitrogens is 1. The number of pyridine rings is 1. The number of hydrogen-bond donors (Lipinski definition) is 1. The van der Waals surface area contributed by atoms with Crippen molar-refractivity contribution in [3.05, 3.63) is 65.2 Å². The van der Waals surface area contributed by atoms with Crippen molar-refractivity contribution in [3.63, 3.8) is 0 Å². The van der Waals surface area contributed by atoms with Gasteiger partial charge in [-0.3, -0.25) is 0 Å². The lowest BCUT2D eigenvalue weighted by molar-refractivity contribution is 0.114. The quantitative estimate of drug-likeness (QED) is 0.320. The van der Waals surface area contributed by atoms with E-state index in [0.717, 1.165) is 23.5 Å². The molecule has 0 aliphatic carbocycles. The van der Waals surface area contributed by atoms with Crippen LogP contribution in [0.4, 0.5) is 8.78 Å². The summed E-state index contributed by atoms with van der Waals surface area (Å²) >= 11 is 0. The highest BCUT2D eigenvalue weighted by atomic mass is 19.3. The van der Waals surface area contributed by atoms with Crippen LogP contribution in [-0.4, -0.2) is 33.9 Å². The van der Waals surface area contributed by atoms with Gasteiger partial charge in [0.2, 0.25) is 5.89 Å². The molecule has 0 aromatic carbocycles. The summed E-state index contributed by atoms with van der Waals surface area (Å²) < 4.78 is 29.2. The average Bonchev–Trinajstić information content (AvgIpc) is 3.43. The lowest BCUT2D eigenvalue weighted by Crippen LogP contribution is -1.86. The van der Waals surface area contributed by atoms with Crippen molar-refractivity contribution < 1.29 is 13.2 Å². The number of aryl methyl sites for hydroxylation is 1. The van der Waals surface area contributed by atoms with Crippen LogP contribution in [0, 0.1) is 6.92 Å². The smallest absolute Gasteiger partial charge is 0.314 e. The van der Waals surface area contributed by atoms with E-state index in [-0.39, 0.29) is 5.89 Å². The fourth-order valence-corrected chi connectivity index (χ4v) is 2.45. The minimum absolute atomic E-state index is 0.135. The topological polar surface area (TPSA) is 80.0 Å². The Kier molecular flexibility index (Phi) is 11.6. The first kappa shape index (κ1) is 27.6. The first-order chi connectivity index (χ1) is 15.7. The van der Waals surface area contributed by atoms with Crippen LogP contribution in [0.25, 0.3) is 22.2 Å². The van der Waals surface area contributed by atoms with E-state index >= 15 is 0 Å². The maximum atomic E-state index is 12.2. The zero-order chi connectivity index (χ0) is 25.0. The predicted molar refractivity (Wildman–Crippen MR) is 133 cm³/mol. The van der Waals surface area contributed by atoms with Crippen LogP contribution < -0.4 is 0 Å². The maximum absolute atomic E-state index is 12.2. The van der Waals surface area contributed by atoms with Crippen LogP contribution in [0.15, 0.2) is 51.4 Å². The van der Waals surface area contributed by atoms with E-state index in [1.54, 1.807) is 20.0 Å². The van der Waals surface area contributed by atoms with E-state index in [9.17, 15) is 8.78 Å². The van der Waals surface area contributed by atoms with Crippen molar-refractivity contribution >= 4 is 28.9 Å². The van der Waals surface area contributed by atoms with E-state index in [1.165, 1.54) is 16.5 Å². The maximum Gasteiger partial charge on any atom is 0.314 e. The van der Waals surface area contributed by atoms with Crippen LogP contribution in [0.1, 0.15) is 70.6 Å². The summed E-state index contributed by atoms with van der Waals surface area (Å²) in [6.45, 7) is 15.0. The van der Waals surface area contributed by atoms with Gasteiger partial charge in [-0.15, -0.1) is 10.2 Å². The van der Waals surface area contributed by atoms with E-state index in [1.807, 2.05) is 33.8 Å². The van der Waals surface area contributed by atoms with Crippen LogP contribution in [-0.2, 0) is 0 Å². The molecule has 0 saturated heterocycles. The monoisotopic (exact) mass is 457 g/mol. The molecule has 0 saturated carbocycles. The molecule has 0 radical (unpaired) electrons. The van der Waals surface area contributed by atoms with Gasteiger partial charge < -0.3 is 14.4 Å². The van der Waals surface area contributed by atoms with Gasteiger partial charge in [-0.1, -0.05) is 30.7 Å². The molecular formula is C25H33F2N5O. The molecule has 6 nitrogen and oxygen atoms in total. The van der Waals surface area contributed by atoms with Gasteiger partial charge in [0.25, 0.3) is 5.89 Å². The van der Waals surface area contributed by atoms with Gasteiger partial charge in [-0.05, 0) is 71.5 Å². The highest BCUT2D eigenvalue weighted by molar-refractivity contribution is 5.79. The third-order valence-corrected chi connectivity index (χ3v) is 4.59. The molecule has 0 aliphatic heterocycles. The Morgan fingerprint density at radius 1 is 1.18 bits per heavy atom. The third kappa shape index (κ3) is 8.92. The van der Waals surface area contributed by atoms with Crippen LogP contribution in [0.5, 0.6) is 0 Å². The molecule has 33 heavy (non-hydrogen) atoms. The molecule has 3 rings (SSSR count). The lowest BCUT2D eigenvalue weighted by atomic mass is 10.2. The van der Waals surface area contributed by atoms with Crippen LogP contribution in [0.2, 0.25) is 0 Å². The number of nitrogens with zero attached hydrogens (tertiary/aromatic N) is 4. The van der Waals surface area contributed by atoms with E-state index < -0.39 is 12.3 Å². The predicted octanol–water partition coefficient (Wildman–Crippen LogP) is 7.38. The van der Waals surface area contributed by atoms with Gasteiger partial charge in [-0.25, -0.2) is 4.98 Å². The number of nitrogens with one attached hydrogen (secondary N) is 1. The van der Waals surface area contributed by atoms with Crippen molar-refractivity contribution in [2.24, 2.45) is 4.99 Å². The van der Waals surface area contributed by atoms with Crippen molar-refractivity contribution in [1.29, 1.82) is 0 Å². The number of aliphatic imine (C=N–C) groups is 1. The van der Waals surface area contributed by atoms with Crippen molar-refractivity contribution in [3.8, 4) is 0 Å². The highest BCUT2D eigenvalue weighted by Crippen LogP contribution is 2.20. The molecule has 0 aliphatic rings. The molecular weight excluding hydrogens is 424 g/mol. The first-order valence-corrected chi connectivity index (χ1v) is 10.6. The third-order valence-electron chi connectivity index (χ3n) is 4.59. The Bertz CT molecular complexity index is 1120. The first-order valence-electron chi connectivity index (χ1n) is 10.6. The van der Waals surface area contributed by atoms with Gasteiger partial charge >= 0.3 is 6.43 Å². The summed E-state index contributed by atoms with van der Waals surface area (Å²) in [7, 11) is 1.64. The Balaban J connectivity index is 0.000000297. The summed E-state index contributed by atoms with van der Waals surface area (Å²) in [6.07, 6.45) is 3.98. The number of alkyl halides is 2. The normalized spacial score (nSPS) is 12.2. The van der Waals surface area contributed by atoms with Crippen LogP contribution in [0.3, 0.4) is 0 Å². The molecule has 0 spiro atoms. The minimum atomic E-state index is -2.72. The molecule has 3 aromatic rings. The number of halogens is 2. The van der Waals surface area contributed by atoms with Crippen molar-refractivity contribution in [1.82, 2.24) is 20.2 Å². The van der Waals surface area contributed by atoms with Gasteiger partial charge in [0.05, 0.1) is 5.69 Å². The molecule has 0 bridgehead atoms. The number of aromatic amines is 1. The molecule has 0 atom stereocenters. The number of fused-ring (bicyclic) bond motifs is 1. The van der Waals surface area contributed by atoms with Crippen LogP contribution >= 0.6 is 0 Å². The Morgan fingerprint density at radius 2 is 1.85 bits per heavy atom. The summed E-state index contributed by atoms with van der Waals surface area (Å²) in [5.74, 6) is -0.505.